The molecular weight excluding hydrogens is 242 g/mol. The largest absolute Gasteiger partial charge is 0.398 e. The molecule has 18 heavy (non-hydrogen) atoms. The van der Waals surface area contributed by atoms with Gasteiger partial charge in [0.05, 0.1) is 11.8 Å². The lowest BCUT2D eigenvalue weighted by Gasteiger charge is -2.07. The van der Waals surface area contributed by atoms with Gasteiger partial charge < -0.3 is 11.1 Å². The molecule has 0 radical (unpaired) electrons. The molecule has 2 rings (SSSR count). The van der Waals surface area contributed by atoms with E-state index in [1.807, 2.05) is 0 Å². The average Bonchev–Trinajstić information content (AvgIpc) is 2.35. The average molecular weight is 250 g/mol. The van der Waals surface area contributed by atoms with Crippen molar-refractivity contribution in [2.75, 3.05) is 11.1 Å². The van der Waals surface area contributed by atoms with Gasteiger partial charge in [0.2, 0.25) is 0 Å². The number of carbonyl (C=O) groups is 1. The molecule has 0 spiro atoms. The van der Waals surface area contributed by atoms with Gasteiger partial charge in [0.15, 0.2) is 17.5 Å². The molecule has 1 aromatic carbocycles. The van der Waals surface area contributed by atoms with E-state index in [4.69, 9.17) is 5.73 Å². The van der Waals surface area contributed by atoms with Crippen LogP contribution in [0, 0.1) is 11.6 Å². The highest BCUT2D eigenvalue weighted by Gasteiger charge is 2.14. The van der Waals surface area contributed by atoms with Gasteiger partial charge in [-0.1, -0.05) is 0 Å². The maximum absolute atomic E-state index is 13.0. The Bertz CT molecular complexity index is 589. The molecule has 0 saturated heterocycles. The zero-order valence-corrected chi connectivity index (χ0v) is 9.02. The number of hydrogen-bond donors (Lipinski definition) is 2. The first-order valence-electron chi connectivity index (χ1n) is 4.90. The van der Waals surface area contributed by atoms with Crippen LogP contribution in [0.15, 0.2) is 30.7 Å². The van der Waals surface area contributed by atoms with E-state index in [0.717, 1.165) is 12.1 Å². The van der Waals surface area contributed by atoms with Crippen molar-refractivity contribution >= 4 is 17.4 Å². The van der Waals surface area contributed by atoms with Crippen LogP contribution in [0.5, 0.6) is 0 Å². The summed E-state index contributed by atoms with van der Waals surface area (Å²) >= 11 is 0. The molecule has 0 aliphatic rings. The first-order chi connectivity index (χ1) is 8.58. The van der Waals surface area contributed by atoms with E-state index in [-0.39, 0.29) is 17.1 Å². The predicted octanol–water partition coefficient (Wildman–Crippen LogP) is 1.59. The van der Waals surface area contributed by atoms with Crippen LogP contribution in [0.3, 0.4) is 0 Å². The van der Waals surface area contributed by atoms with Crippen molar-refractivity contribution < 1.29 is 13.6 Å². The Morgan fingerprint density at radius 2 is 1.94 bits per heavy atom. The Hall–Kier alpha value is -2.57. The normalized spacial score (nSPS) is 10.1. The minimum atomic E-state index is -1.14. The lowest BCUT2D eigenvalue weighted by atomic mass is 10.1. The monoisotopic (exact) mass is 250 g/mol. The summed E-state index contributed by atoms with van der Waals surface area (Å²) in [7, 11) is 0. The molecule has 2 aromatic rings. The number of aromatic nitrogens is 2. The molecule has 1 aromatic heterocycles. The Labute approximate surface area is 101 Å². The van der Waals surface area contributed by atoms with Crippen molar-refractivity contribution in [3.05, 3.63) is 47.9 Å². The molecule has 0 aliphatic carbocycles. The van der Waals surface area contributed by atoms with Crippen LogP contribution < -0.4 is 11.1 Å². The van der Waals surface area contributed by atoms with E-state index < -0.39 is 17.5 Å². The van der Waals surface area contributed by atoms with Crippen LogP contribution in [0.25, 0.3) is 0 Å². The number of hydrogen-bond acceptors (Lipinski definition) is 4. The van der Waals surface area contributed by atoms with Crippen molar-refractivity contribution in [3.63, 3.8) is 0 Å². The second kappa shape index (κ2) is 4.74. The minimum absolute atomic E-state index is 0.157. The smallest absolute Gasteiger partial charge is 0.259 e. The Morgan fingerprint density at radius 1 is 1.22 bits per heavy atom. The molecule has 3 N–H and O–H groups in total. The van der Waals surface area contributed by atoms with Crippen LogP contribution in [-0.4, -0.2) is 15.9 Å². The molecule has 5 nitrogen and oxygen atoms in total. The number of benzene rings is 1. The molecule has 7 heteroatoms. The maximum Gasteiger partial charge on any atom is 0.259 e. The fraction of sp³-hybridized carbons (Fsp3) is 0. The summed E-state index contributed by atoms with van der Waals surface area (Å²) in [6.07, 6.45) is 4.12. The van der Waals surface area contributed by atoms with Gasteiger partial charge in [0.1, 0.15) is 0 Å². The third kappa shape index (κ3) is 2.40. The van der Waals surface area contributed by atoms with Crippen LogP contribution >= 0.6 is 0 Å². The summed E-state index contributed by atoms with van der Waals surface area (Å²) in [5.74, 6) is -2.75. The molecule has 0 fully saturated rings. The molecule has 0 atom stereocenters. The van der Waals surface area contributed by atoms with Crippen LogP contribution in [0.1, 0.15) is 10.4 Å². The number of nitrogen functional groups attached to an aromatic ring is 1. The summed E-state index contributed by atoms with van der Waals surface area (Å²) in [5.41, 5.74) is 5.12. The van der Waals surface area contributed by atoms with Crippen molar-refractivity contribution in [2.24, 2.45) is 0 Å². The van der Waals surface area contributed by atoms with Crippen LogP contribution in [0.4, 0.5) is 20.3 Å². The minimum Gasteiger partial charge on any atom is -0.398 e. The summed E-state index contributed by atoms with van der Waals surface area (Å²) in [6.45, 7) is 0. The van der Waals surface area contributed by atoms with Gasteiger partial charge in [-0.3, -0.25) is 9.78 Å². The fourth-order valence-electron chi connectivity index (χ4n) is 1.31. The highest BCUT2D eigenvalue weighted by atomic mass is 19.2. The van der Waals surface area contributed by atoms with Gasteiger partial charge in [0.25, 0.3) is 5.91 Å². The highest BCUT2D eigenvalue weighted by Crippen LogP contribution is 2.18. The Balaban J connectivity index is 2.27. The lowest BCUT2D eigenvalue weighted by molar-refractivity contribution is 0.102. The number of halogens is 2. The second-order valence-electron chi connectivity index (χ2n) is 3.40. The standard InChI is InChI=1S/C11H8F2N4O/c12-7-3-6(9(14)4-8(7)13)11(18)17-10-5-15-1-2-16-10/h1-5H,14H2,(H,16,17,18). The second-order valence-corrected chi connectivity index (χ2v) is 3.40. The molecule has 92 valence electrons. The van der Waals surface area contributed by atoms with Crippen molar-refractivity contribution in [3.8, 4) is 0 Å². The summed E-state index contributed by atoms with van der Waals surface area (Å²) in [6, 6.07) is 1.48. The van der Waals surface area contributed by atoms with Gasteiger partial charge in [0, 0.05) is 24.1 Å². The van der Waals surface area contributed by atoms with Crippen molar-refractivity contribution in [1.29, 1.82) is 0 Å². The number of nitrogens with two attached hydrogens (primary N) is 1. The lowest BCUT2D eigenvalue weighted by Crippen LogP contribution is -2.15. The predicted molar refractivity (Wildman–Crippen MR) is 60.8 cm³/mol. The maximum atomic E-state index is 13.0. The van der Waals surface area contributed by atoms with E-state index in [2.05, 4.69) is 15.3 Å². The van der Waals surface area contributed by atoms with Gasteiger partial charge in [-0.25, -0.2) is 13.8 Å². The Morgan fingerprint density at radius 3 is 2.61 bits per heavy atom. The topological polar surface area (TPSA) is 80.9 Å². The molecule has 0 unspecified atom stereocenters. The molecule has 0 saturated carbocycles. The third-order valence-corrected chi connectivity index (χ3v) is 2.14. The van der Waals surface area contributed by atoms with E-state index in [9.17, 15) is 13.6 Å². The van der Waals surface area contributed by atoms with E-state index in [0.29, 0.717) is 0 Å². The quantitative estimate of drug-likeness (QED) is 0.793. The molecule has 0 bridgehead atoms. The van der Waals surface area contributed by atoms with Gasteiger partial charge >= 0.3 is 0 Å². The van der Waals surface area contributed by atoms with Crippen molar-refractivity contribution in [2.45, 2.75) is 0 Å². The van der Waals surface area contributed by atoms with Gasteiger partial charge in [-0.15, -0.1) is 0 Å². The zero-order valence-electron chi connectivity index (χ0n) is 9.02. The summed E-state index contributed by atoms with van der Waals surface area (Å²) in [5, 5.41) is 2.36. The van der Waals surface area contributed by atoms with Crippen LogP contribution in [-0.2, 0) is 0 Å². The van der Waals surface area contributed by atoms with Gasteiger partial charge in [-0.05, 0) is 6.07 Å². The molecule has 0 aliphatic heterocycles. The van der Waals surface area contributed by atoms with E-state index >= 15 is 0 Å². The number of carbonyl (C=O) groups excluding carboxylic acids is 1. The number of amides is 1. The zero-order chi connectivity index (χ0) is 13.1. The number of anilines is 2. The highest BCUT2D eigenvalue weighted by molar-refractivity contribution is 6.07. The van der Waals surface area contributed by atoms with Gasteiger partial charge in [-0.2, -0.15) is 0 Å². The number of rotatable bonds is 2. The molecular formula is C11H8F2N4O. The van der Waals surface area contributed by atoms with E-state index in [1.165, 1.54) is 18.6 Å². The SMILES string of the molecule is Nc1cc(F)c(F)cc1C(=O)Nc1cnccn1. The third-order valence-electron chi connectivity index (χ3n) is 2.14. The number of nitrogens with zero attached hydrogens (tertiary/aromatic N) is 2. The first kappa shape index (κ1) is 11.9. The van der Waals surface area contributed by atoms with Crippen LogP contribution in [0.2, 0.25) is 0 Å². The van der Waals surface area contributed by atoms with E-state index in [1.54, 1.807) is 0 Å². The molecule has 1 amide bonds. The fourth-order valence-corrected chi connectivity index (χ4v) is 1.31. The molecule has 1 heterocycles. The number of nitrogens with one attached hydrogen (secondary N) is 1. The summed E-state index contributed by atoms with van der Waals surface area (Å²) < 4.78 is 25.9. The van der Waals surface area contributed by atoms with Crippen molar-refractivity contribution in [1.82, 2.24) is 9.97 Å². The Kier molecular flexibility index (Phi) is 3.13. The summed E-state index contributed by atoms with van der Waals surface area (Å²) in [4.78, 5) is 19.3. The first-order valence-corrected chi connectivity index (χ1v) is 4.90.